The van der Waals surface area contributed by atoms with Crippen LogP contribution in [-0.2, 0) is 6.54 Å². The summed E-state index contributed by atoms with van der Waals surface area (Å²) in [6, 6.07) is 13.3. The summed E-state index contributed by atoms with van der Waals surface area (Å²) in [5.41, 5.74) is 1.69. The third-order valence-electron chi connectivity index (χ3n) is 3.39. The summed E-state index contributed by atoms with van der Waals surface area (Å²) in [7, 11) is 0. The van der Waals surface area contributed by atoms with E-state index in [1.807, 2.05) is 6.92 Å². The van der Waals surface area contributed by atoms with Crippen molar-refractivity contribution in [3.05, 3.63) is 70.5 Å². The highest BCUT2D eigenvalue weighted by atomic mass is 35.5. The third kappa shape index (κ3) is 5.83. The van der Waals surface area contributed by atoms with Crippen molar-refractivity contribution in [3.8, 4) is 0 Å². The zero-order chi connectivity index (χ0) is 17.4. The number of nitrogens with one attached hydrogen (secondary N) is 2. The predicted molar refractivity (Wildman–Crippen MR) is 95.6 cm³/mol. The number of benzene rings is 2. The molecule has 0 radical (unpaired) electrons. The van der Waals surface area contributed by atoms with Crippen LogP contribution in [0.25, 0.3) is 0 Å². The molecule has 0 saturated heterocycles. The molecule has 0 amide bonds. The standard InChI is InChI=1S/C18H21ClFN3O/c1-2-21-18(22-11-13-3-9-16(20)10-4-13)23-12-17(24)14-5-7-15(19)8-6-14/h3-10,17,24H,2,11-12H2,1H3,(H2,21,22,23). The van der Waals surface area contributed by atoms with Crippen LogP contribution in [0.4, 0.5) is 4.39 Å². The van der Waals surface area contributed by atoms with Crippen molar-refractivity contribution in [2.45, 2.75) is 19.6 Å². The van der Waals surface area contributed by atoms with Gasteiger partial charge in [0.2, 0.25) is 0 Å². The average molecular weight is 350 g/mol. The number of aliphatic imine (C=N–C) groups is 1. The SMILES string of the molecule is CCNC(=NCc1ccc(F)cc1)NCC(O)c1ccc(Cl)cc1. The van der Waals surface area contributed by atoms with Gasteiger partial charge in [-0.25, -0.2) is 9.38 Å². The number of rotatable bonds is 6. The van der Waals surface area contributed by atoms with E-state index in [4.69, 9.17) is 11.6 Å². The fraction of sp³-hybridized carbons (Fsp3) is 0.278. The second-order valence-corrected chi connectivity index (χ2v) is 5.71. The van der Waals surface area contributed by atoms with Gasteiger partial charge < -0.3 is 15.7 Å². The highest BCUT2D eigenvalue weighted by Crippen LogP contribution is 2.15. The molecule has 4 nitrogen and oxygen atoms in total. The summed E-state index contributed by atoms with van der Waals surface area (Å²) in [5, 5.41) is 17.1. The van der Waals surface area contributed by atoms with E-state index < -0.39 is 6.10 Å². The average Bonchev–Trinajstić information content (AvgIpc) is 2.59. The smallest absolute Gasteiger partial charge is 0.191 e. The van der Waals surface area contributed by atoms with Crippen LogP contribution in [0.1, 0.15) is 24.2 Å². The Hall–Kier alpha value is -2.11. The van der Waals surface area contributed by atoms with Gasteiger partial charge in [0.15, 0.2) is 5.96 Å². The minimum absolute atomic E-state index is 0.265. The normalized spacial score (nSPS) is 12.8. The van der Waals surface area contributed by atoms with Crippen molar-refractivity contribution in [1.82, 2.24) is 10.6 Å². The van der Waals surface area contributed by atoms with Gasteiger partial charge in [-0.2, -0.15) is 0 Å². The molecule has 6 heteroatoms. The van der Waals surface area contributed by atoms with Crippen LogP contribution in [0.5, 0.6) is 0 Å². The van der Waals surface area contributed by atoms with Gasteiger partial charge in [0, 0.05) is 18.1 Å². The molecule has 0 bridgehead atoms. The van der Waals surface area contributed by atoms with Crippen LogP contribution in [0.15, 0.2) is 53.5 Å². The Balaban J connectivity index is 1.93. The quantitative estimate of drug-likeness (QED) is 0.554. The van der Waals surface area contributed by atoms with Crippen molar-refractivity contribution >= 4 is 17.6 Å². The Bertz CT molecular complexity index is 659. The summed E-state index contributed by atoms with van der Waals surface area (Å²) in [4.78, 5) is 4.43. The van der Waals surface area contributed by atoms with Crippen molar-refractivity contribution < 1.29 is 9.50 Å². The van der Waals surface area contributed by atoms with Crippen LogP contribution in [0, 0.1) is 5.82 Å². The van der Waals surface area contributed by atoms with Gasteiger partial charge in [-0.1, -0.05) is 35.9 Å². The van der Waals surface area contributed by atoms with E-state index in [0.29, 0.717) is 30.6 Å². The minimum atomic E-state index is -0.669. The van der Waals surface area contributed by atoms with Crippen LogP contribution < -0.4 is 10.6 Å². The molecule has 2 rings (SSSR count). The lowest BCUT2D eigenvalue weighted by atomic mass is 10.1. The van der Waals surface area contributed by atoms with Crippen LogP contribution in [-0.4, -0.2) is 24.2 Å². The molecule has 1 atom stereocenters. The van der Waals surface area contributed by atoms with E-state index in [0.717, 1.165) is 11.1 Å². The Kier molecular flexibility index (Phi) is 7.03. The monoisotopic (exact) mass is 349 g/mol. The molecule has 1 unspecified atom stereocenters. The maximum atomic E-state index is 12.9. The summed E-state index contributed by atoms with van der Waals surface area (Å²) in [6.45, 7) is 3.40. The summed E-state index contributed by atoms with van der Waals surface area (Å²) in [5.74, 6) is 0.327. The molecule has 0 spiro atoms. The van der Waals surface area contributed by atoms with Crippen molar-refractivity contribution in [2.24, 2.45) is 4.99 Å². The van der Waals surface area contributed by atoms with Crippen LogP contribution >= 0.6 is 11.6 Å². The fourth-order valence-electron chi connectivity index (χ4n) is 2.10. The third-order valence-corrected chi connectivity index (χ3v) is 3.65. The molecule has 2 aromatic rings. The number of hydrogen-bond donors (Lipinski definition) is 3. The number of nitrogens with zero attached hydrogens (tertiary/aromatic N) is 1. The number of aliphatic hydroxyl groups is 1. The lowest BCUT2D eigenvalue weighted by Crippen LogP contribution is -2.39. The number of halogens is 2. The van der Waals surface area contributed by atoms with Gasteiger partial charge in [-0.3, -0.25) is 0 Å². The van der Waals surface area contributed by atoms with Crippen molar-refractivity contribution in [3.63, 3.8) is 0 Å². The van der Waals surface area contributed by atoms with Crippen molar-refractivity contribution in [2.75, 3.05) is 13.1 Å². The van der Waals surface area contributed by atoms with Gasteiger partial charge in [0.05, 0.1) is 12.6 Å². The molecule has 128 valence electrons. The lowest BCUT2D eigenvalue weighted by Gasteiger charge is -2.15. The molecule has 0 aromatic heterocycles. The van der Waals surface area contributed by atoms with Gasteiger partial charge in [0.25, 0.3) is 0 Å². The molecule has 0 saturated carbocycles. The first-order valence-electron chi connectivity index (χ1n) is 7.78. The molecule has 0 aliphatic heterocycles. The summed E-state index contributed by atoms with van der Waals surface area (Å²) in [6.07, 6.45) is -0.669. The van der Waals surface area contributed by atoms with E-state index in [9.17, 15) is 9.50 Å². The molecule has 0 fully saturated rings. The Morgan fingerprint density at radius 2 is 1.79 bits per heavy atom. The van der Waals surface area contributed by atoms with E-state index in [-0.39, 0.29) is 5.82 Å². The lowest BCUT2D eigenvalue weighted by molar-refractivity contribution is 0.181. The highest BCUT2D eigenvalue weighted by Gasteiger charge is 2.08. The highest BCUT2D eigenvalue weighted by molar-refractivity contribution is 6.30. The van der Waals surface area contributed by atoms with Crippen LogP contribution in [0.3, 0.4) is 0 Å². The predicted octanol–water partition coefficient (Wildman–Crippen LogP) is 3.27. The second-order valence-electron chi connectivity index (χ2n) is 5.27. The second kappa shape index (κ2) is 9.25. The van der Waals surface area contributed by atoms with Gasteiger partial charge in [0.1, 0.15) is 5.82 Å². The van der Waals surface area contributed by atoms with Gasteiger partial charge in [-0.15, -0.1) is 0 Å². The van der Waals surface area contributed by atoms with Crippen LogP contribution in [0.2, 0.25) is 5.02 Å². The molecular formula is C18H21ClFN3O. The first-order valence-corrected chi connectivity index (χ1v) is 8.16. The van der Waals surface area contributed by atoms with E-state index in [1.165, 1.54) is 12.1 Å². The Morgan fingerprint density at radius 1 is 1.12 bits per heavy atom. The Morgan fingerprint density at radius 3 is 2.42 bits per heavy atom. The molecular weight excluding hydrogens is 329 g/mol. The zero-order valence-corrected chi connectivity index (χ0v) is 14.2. The number of hydrogen-bond acceptors (Lipinski definition) is 2. The number of guanidine groups is 1. The molecule has 0 aliphatic carbocycles. The molecule has 3 N–H and O–H groups in total. The maximum Gasteiger partial charge on any atom is 0.191 e. The topological polar surface area (TPSA) is 56.7 Å². The maximum absolute atomic E-state index is 12.9. The molecule has 0 aliphatic rings. The summed E-state index contributed by atoms with van der Waals surface area (Å²) < 4.78 is 12.9. The van der Waals surface area contributed by atoms with Gasteiger partial charge in [-0.05, 0) is 42.3 Å². The van der Waals surface area contributed by atoms with Crippen molar-refractivity contribution in [1.29, 1.82) is 0 Å². The number of aliphatic hydroxyl groups excluding tert-OH is 1. The summed E-state index contributed by atoms with van der Waals surface area (Å²) >= 11 is 5.84. The first kappa shape index (κ1) is 18.2. The largest absolute Gasteiger partial charge is 0.387 e. The molecule has 0 heterocycles. The van der Waals surface area contributed by atoms with Gasteiger partial charge >= 0.3 is 0 Å². The first-order chi connectivity index (χ1) is 11.6. The van der Waals surface area contributed by atoms with E-state index in [1.54, 1.807) is 36.4 Å². The zero-order valence-electron chi connectivity index (χ0n) is 13.5. The minimum Gasteiger partial charge on any atom is -0.387 e. The molecule has 2 aromatic carbocycles. The van der Waals surface area contributed by atoms with E-state index in [2.05, 4.69) is 15.6 Å². The van der Waals surface area contributed by atoms with E-state index >= 15 is 0 Å². The fourth-order valence-corrected chi connectivity index (χ4v) is 2.22. The Labute approximate surface area is 146 Å². The molecule has 24 heavy (non-hydrogen) atoms.